The molecule has 4 heteroatoms. The van der Waals surface area contributed by atoms with Gasteiger partial charge in [0.25, 0.3) is 0 Å². The van der Waals surface area contributed by atoms with Crippen molar-refractivity contribution in [2.24, 2.45) is 10.8 Å². The van der Waals surface area contributed by atoms with Crippen LogP contribution in [0.3, 0.4) is 0 Å². The molecule has 348 valence electrons. The number of allylic oxidation sites excluding steroid dienone is 1. The lowest BCUT2D eigenvalue weighted by Gasteiger charge is -2.51. The highest BCUT2D eigenvalue weighted by Gasteiger charge is 2.61. The molecule has 0 aromatic heterocycles. The molecule has 4 aromatic carbocycles. The molecule has 0 bridgehead atoms. The molecule has 2 unspecified atom stereocenters. The van der Waals surface area contributed by atoms with Crippen molar-refractivity contribution in [2.75, 3.05) is 9.80 Å². The predicted octanol–water partition coefficient (Wildman–Crippen LogP) is 15.7. The molecule has 0 radical (unpaired) electrons. The van der Waals surface area contributed by atoms with Crippen molar-refractivity contribution >= 4 is 46.1 Å². The second-order valence-electron chi connectivity index (χ2n) is 28.1. The molecule has 0 saturated heterocycles. The van der Waals surface area contributed by atoms with Crippen molar-refractivity contribution in [1.29, 1.82) is 0 Å². The first-order valence-electron chi connectivity index (χ1n) is 26.1. The van der Waals surface area contributed by atoms with Crippen LogP contribution in [0.15, 0.2) is 65.9 Å². The van der Waals surface area contributed by atoms with Gasteiger partial charge in [-0.1, -0.05) is 129 Å². The molecule has 7 aliphatic rings. The molecule has 0 spiro atoms. The molecular formula is C62H81BN2O. The van der Waals surface area contributed by atoms with Crippen LogP contribution in [0.2, 0.25) is 5.82 Å². The largest absolute Gasteiger partial charge is 0.474 e. The molecule has 0 amide bonds. The Bertz CT molecular complexity index is 2810. The van der Waals surface area contributed by atoms with Crippen molar-refractivity contribution in [3.63, 3.8) is 0 Å². The van der Waals surface area contributed by atoms with Gasteiger partial charge in [0.15, 0.2) is 6.23 Å². The smallest absolute Gasteiger partial charge is 0.231 e. The van der Waals surface area contributed by atoms with Crippen LogP contribution < -0.4 is 20.7 Å². The first kappa shape index (κ1) is 44.6. The maximum absolute atomic E-state index is 7.88. The zero-order chi connectivity index (χ0) is 47.4. The molecular weight excluding hydrogens is 800 g/mol. The summed E-state index contributed by atoms with van der Waals surface area (Å²) in [7, 11) is 0. The number of anilines is 5. The van der Waals surface area contributed by atoms with Crippen LogP contribution in [0, 0.1) is 24.7 Å². The minimum absolute atomic E-state index is 0.00113. The lowest BCUT2D eigenvalue weighted by Crippen LogP contribution is -2.62. The number of nitrogens with zero attached hydrogens (tertiary/aromatic N) is 2. The quantitative estimate of drug-likeness (QED) is 0.187. The molecule has 4 aliphatic carbocycles. The van der Waals surface area contributed by atoms with Crippen LogP contribution in [0.1, 0.15) is 207 Å². The Morgan fingerprint density at radius 3 is 1.48 bits per heavy atom. The lowest BCUT2D eigenvalue weighted by molar-refractivity contribution is 0.0884. The van der Waals surface area contributed by atoms with Gasteiger partial charge in [-0.05, 0) is 201 Å². The monoisotopic (exact) mass is 881 g/mol. The molecule has 4 aromatic rings. The highest BCUT2D eigenvalue weighted by molar-refractivity contribution is 6.91. The van der Waals surface area contributed by atoms with Crippen molar-refractivity contribution in [2.45, 2.75) is 221 Å². The third-order valence-electron chi connectivity index (χ3n) is 19.6. The van der Waals surface area contributed by atoms with E-state index in [-0.39, 0.29) is 62.1 Å². The summed E-state index contributed by atoms with van der Waals surface area (Å²) in [5.41, 5.74) is 23.6. The van der Waals surface area contributed by atoms with Gasteiger partial charge in [0.05, 0.1) is 0 Å². The number of fused-ring (bicyclic) bond motifs is 8. The van der Waals surface area contributed by atoms with Gasteiger partial charge in [0.1, 0.15) is 5.76 Å². The van der Waals surface area contributed by atoms with E-state index in [2.05, 4.69) is 189 Å². The van der Waals surface area contributed by atoms with Crippen LogP contribution in [0.25, 0.3) is 0 Å². The Labute approximate surface area is 400 Å². The summed E-state index contributed by atoms with van der Waals surface area (Å²) in [5.74, 6) is 1.41. The maximum Gasteiger partial charge on any atom is 0.231 e. The zero-order valence-electron chi connectivity index (χ0n) is 44.4. The van der Waals surface area contributed by atoms with E-state index >= 15 is 0 Å². The van der Waals surface area contributed by atoms with E-state index in [0.717, 1.165) is 6.42 Å². The van der Waals surface area contributed by atoms with Crippen LogP contribution >= 0.6 is 0 Å². The van der Waals surface area contributed by atoms with Crippen LogP contribution in [0.4, 0.5) is 28.4 Å². The molecule has 3 heterocycles. The third-order valence-corrected chi connectivity index (χ3v) is 19.6. The molecule has 66 heavy (non-hydrogen) atoms. The predicted molar refractivity (Wildman–Crippen MR) is 283 cm³/mol. The maximum atomic E-state index is 7.88. The number of hydrogen-bond donors (Lipinski definition) is 0. The molecule has 0 N–H and O–H groups in total. The number of aryl methyl sites for hydroxylation is 2. The second-order valence-corrected chi connectivity index (χ2v) is 28.1. The number of benzene rings is 4. The van der Waals surface area contributed by atoms with Gasteiger partial charge in [0.2, 0.25) is 6.71 Å². The average molecular weight is 881 g/mol. The normalized spacial score (nSPS) is 26.8. The van der Waals surface area contributed by atoms with Gasteiger partial charge in [-0.2, -0.15) is 0 Å². The SMILES string of the molecule is Cc1cc2c3c(c1)N(c1cc4c(cc1C)C(C)(C)CCC4(C)C)C1OC4=C(C1B3c1cc3c(cc1N2c1ccc2c(c1)C(C)(C)CCC2(C)C)C(C)(C)CCC3(C)C)C(C)(C)CCC4(C)C. The molecule has 11 rings (SSSR count). The summed E-state index contributed by atoms with van der Waals surface area (Å²) in [6.07, 6.45) is 9.33. The van der Waals surface area contributed by atoms with Crippen LogP contribution in [-0.4, -0.2) is 12.9 Å². The van der Waals surface area contributed by atoms with Crippen LogP contribution in [0.5, 0.6) is 0 Å². The Balaban J connectivity index is 1.26. The Kier molecular flexibility index (Phi) is 9.08. The van der Waals surface area contributed by atoms with Gasteiger partial charge in [-0.3, -0.25) is 0 Å². The van der Waals surface area contributed by atoms with E-state index in [0.29, 0.717) is 0 Å². The van der Waals surface area contributed by atoms with Gasteiger partial charge >= 0.3 is 0 Å². The molecule has 3 nitrogen and oxygen atoms in total. The summed E-state index contributed by atoms with van der Waals surface area (Å²) in [5, 5.41) is 0. The van der Waals surface area contributed by atoms with E-state index in [1.54, 1.807) is 11.1 Å². The standard InChI is InChI=1S/C62H81BN2O/c1-36-29-48-51-49(30-36)65(46-34-43-40(31-37(46)2)56(5,6)23-25-59(43,11)12)54-52(50-53(66-54)62(17,18)28-27-61(50,15)16)63(51)45-33-42-44(60(13,14)26-24-58(42,9)10)35-47(45)64(48)38-19-20-39-41(32-38)57(7,8)22-21-55(39,3)4/h19-20,29-35,52,54H,21-28H2,1-18H3. The van der Waals surface area contributed by atoms with Gasteiger partial charge < -0.3 is 14.5 Å². The minimum atomic E-state index is -0.165. The van der Waals surface area contributed by atoms with Gasteiger partial charge in [-0.25, -0.2) is 0 Å². The molecule has 2 atom stereocenters. The van der Waals surface area contributed by atoms with E-state index in [9.17, 15) is 0 Å². The van der Waals surface area contributed by atoms with Crippen molar-refractivity contribution in [3.05, 3.63) is 110 Å². The van der Waals surface area contributed by atoms with Gasteiger partial charge in [0, 0.05) is 39.7 Å². The van der Waals surface area contributed by atoms with Crippen molar-refractivity contribution < 1.29 is 4.74 Å². The highest BCUT2D eigenvalue weighted by Crippen LogP contribution is 2.64. The van der Waals surface area contributed by atoms with E-state index in [4.69, 9.17) is 4.74 Å². The first-order valence-corrected chi connectivity index (χ1v) is 26.1. The van der Waals surface area contributed by atoms with E-state index in [1.807, 2.05) is 0 Å². The number of ether oxygens (including phenoxy) is 1. The average Bonchev–Trinajstić information content (AvgIpc) is 3.65. The Morgan fingerprint density at radius 1 is 0.455 bits per heavy atom. The fourth-order valence-electron chi connectivity index (χ4n) is 14.8. The Morgan fingerprint density at radius 2 is 0.909 bits per heavy atom. The topological polar surface area (TPSA) is 15.7 Å². The second kappa shape index (κ2) is 13.4. The summed E-state index contributed by atoms with van der Waals surface area (Å²) in [6, 6.07) is 23.4. The highest BCUT2D eigenvalue weighted by atomic mass is 16.5. The summed E-state index contributed by atoms with van der Waals surface area (Å²) in [6.45, 7) is 44.7. The van der Waals surface area contributed by atoms with Crippen LogP contribution in [-0.2, 0) is 37.2 Å². The number of rotatable bonds is 2. The van der Waals surface area contributed by atoms with Crippen molar-refractivity contribution in [3.8, 4) is 0 Å². The lowest BCUT2D eigenvalue weighted by atomic mass is 9.28. The third kappa shape index (κ3) is 6.12. The number of hydrogen-bond acceptors (Lipinski definition) is 3. The summed E-state index contributed by atoms with van der Waals surface area (Å²) in [4.78, 5) is 5.50. The first-order chi connectivity index (χ1) is 30.5. The minimum Gasteiger partial charge on any atom is -0.474 e. The summed E-state index contributed by atoms with van der Waals surface area (Å²) < 4.78 is 7.88. The van der Waals surface area contributed by atoms with E-state index < -0.39 is 0 Å². The molecule has 0 fully saturated rings. The van der Waals surface area contributed by atoms with E-state index in [1.165, 1.54) is 129 Å². The zero-order valence-corrected chi connectivity index (χ0v) is 44.4. The van der Waals surface area contributed by atoms with Gasteiger partial charge in [-0.15, -0.1) is 0 Å². The van der Waals surface area contributed by atoms with Crippen molar-refractivity contribution in [1.82, 2.24) is 0 Å². The molecule has 0 saturated carbocycles. The molecule has 3 aliphatic heterocycles. The fraction of sp³-hybridized carbons (Fsp3) is 0.581. The Hall–Kier alpha value is -3.92. The summed E-state index contributed by atoms with van der Waals surface area (Å²) >= 11 is 0. The fourth-order valence-corrected chi connectivity index (χ4v) is 14.8.